The van der Waals surface area contributed by atoms with Crippen LogP contribution in [-0.4, -0.2) is 51.5 Å². The molecule has 2 heterocycles. The summed E-state index contributed by atoms with van der Waals surface area (Å²) in [6.07, 6.45) is -3.22. The number of nitrogens with zero attached hydrogens (tertiary/aromatic N) is 3. The number of carbonyl (C=O) groups is 1. The van der Waals surface area contributed by atoms with Gasteiger partial charge in [-0.05, 0) is 34.7 Å². The van der Waals surface area contributed by atoms with Crippen LogP contribution in [0.3, 0.4) is 0 Å². The molecule has 0 atom stereocenters. The number of aliphatic hydroxyl groups excluding tert-OH is 1. The Bertz CT molecular complexity index is 1040. The summed E-state index contributed by atoms with van der Waals surface area (Å²) in [6.45, 7) is -0.232. The van der Waals surface area contributed by atoms with Gasteiger partial charge in [0.25, 0.3) is 0 Å². The molecule has 0 aliphatic carbocycles. The molecule has 0 aliphatic rings. The Kier molecular flexibility index (Phi) is 5.79. The van der Waals surface area contributed by atoms with E-state index in [1.165, 1.54) is 0 Å². The van der Waals surface area contributed by atoms with E-state index in [9.17, 15) is 23.1 Å². The van der Waals surface area contributed by atoms with Crippen molar-refractivity contribution in [1.29, 1.82) is 0 Å². The number of fused-ring (bicyclic) bond motifs is 3. The summed E-state index contributed by atoms with van der Waals surface area (Å²) in [5.41, 5.74) is 7.16. The van der Waals surface area contributed by atoms with E-state index in [1.54, 1.807) is 6.07 Å². The number of hydrogen-bond donors (Lipinski definition) is 3. The van der Waals surface area contributed by atoms with Crippen LogP contribution in [0.1, 0.15) is 0 Å². The molecule has 150 valence electrons. The van der Waals surface area contributed by atoms with Crippen molar-refractivity contribution in [3.8, 4) is 0 Å². The molecule has 4 N–H and O–H groups in total. The van der Waals surface area contributed by atoms with Gasteiger partial charge in [0, 0.05) is 21.7 Å². The SMILES string of the molecule is Nc1nc(NCCOC(=O)C(F)(F)F)c2c(cc(I)c3c2ccn3CCO)n1. The second kappa shape index (κ2) is 7.95. The summed E-state index contributed by atoms with van der Waals surface area (Å²) in [6, 6.07) is 3.64. The minimum Gasteiger partial charge on any atom is -0.457 e. The van der Waals surface area contributed by atoms with Gasteiger partial charge in [-0.3, -0.25) is 0 Å². The number of carbonyl (C=O) groups excluding carboxylic acids is 1. The van der Waals surface area contributed by atoms with Crippen molar-refractivity contribution in [2.75, 3.05) is 30.8 Å². The average Bonchev–Trinajstić information content (AvgIpc) is 3.01. The van der Waals surface area contributed by atoms with Gasteiger partial charge >= 0.3 is 12.1 Å². The largest absolute Gasteiger partial charge is 0.490 e. The predicted molar refractivity (Wildman–Crippen MR) is 105 cm³/mol. The molecule has 0 radical (unpaired) electrons. The molecule has 0 saturated carbocycles. The smallest absolute Gasteiger partial charge is 0.457 e. The number of aliphatic hydroxyl groups is 1. The number of nitrogens with two attached hydrogens (primary N) is 1. The molecular formula is C16H15F3IN5O3. The first-order valence-electron chi connectivity index (χ1n) is 8.05. The fourth-order valence-corrected chi connectivity index (χ4v) is 3.71. The van der Waals surface area contributed by atoms with Crippen molar-refractivity contribution in [2.45, 2.75) is 12.7 Å². The first-order valence-corrected chi connectivity index (χ1v) is 9.13. The lowest BCUT2D eigenvalue weighted by molar-refractivity contribution is -0.199. The third kappa shape index (κ3) is 4.06. The number of esters is 1. The van der Waals surface area contributed by atoms with Crippen molar-refractivity contribution < 1.29 is 27.8 Å². The van der Waals surface area contributed by atoms with Gasteiger partial charge in [-0.1, -0.05) is 0 Å². The van der Waals surface area contributed by atoms with Crippen LogP contribution in [0.15, 0.2) is 18.3 Å². The fraction of sp³-hybridized carbons (Fsp3) is 0.312. The number of anilines is 2. The van der Waals surface area contributed by atoms with Crippen LogP contribution >= 0.6 is 22.6 Å². The molecule has 0 aliphatic heterocycles. The fourth-order valence-electron chi connectivity index (χ4n) is 2.81. The molecule has 3 rings (SSSR count). The van der Waals surface area contributed by atoms with Crippen molar-refractivity contribution in [1.82, 2.24) is 14.5 Å². The monoisotopic (exact) mass is 509 g/mol. The summed E-state index contributed by atoms with van der Waals surface area (Å²) in [5.74, 6) is -1.94. The first kappa shape index (κ1) is 20.4. The van der Waals surface area contributed by atoms with Crippen LogP contribution in [-0.2, 0) is 16.1 Å². The van der Waals surface area contributed by atoms with E-state index in [-0.39, 0.29) is 19.1 Å². The van der Waals surface area contributed by atoms with Crippen LogP contribution in [0, 0.1) is 3.57 Å². The van der Waals surface area contributed by atoms with Crippen LogP contribution in [0.5, 0.6) is 0 Å². The number of hydrogen-bond acceptors (Lipinski definition) is 7. The lowest BCUT2D eigenvalue weighted by atomic mass is 10.1. The number of nitrogens with one attached hydrogen (secondary N) is 1. The summed E-state index contributed by atoms with van der Waals surface area (Å²) in [5, 5.41) is 13.5. The highest BCUT2D eigenvalue weighted by atomic mass is 127. The van der Waals surface area contributed by atoms with Gasteiger partial charge < -0.3 is 25.5 Å². The van der Waals surface area contributed by atoms with Crippen molar-refractivity contribution in [2.24, 2.45) is 0 Å². The van der Waals surface area contributed by atoms with E-state index >= 15 is 0 Å². The lowest BCUT2D eigenvalue weighted by Gasteiger charge is -2.13. The summed E-state index contributed by atoms with van der Waals surface area (Å²) >= 11 is 2.15. The number of ether oxygens (including phenoxy) is 1. The quantitative estimate of drug-likeness (QED) is 0.266. The Morgan fingerprint density at radius 1 is 1.39 bits per heavy atom. The highest BCUT2D eigenvalue weighted by Crippen LogP contribution is 2.34. The van der Waals surface area contributed by atoms with Crippen LogP contribution in [0.25, 0.3) is 21.8 Å². The average molecular weight is 509 g/mol. The van der Waals surface area contributed by atoms with Crippen molar-refractivity contribution in [3.63, 3.8) is 0 Å². The van der Waals surface area contributed by atoms with Gasteiger partial charge in [0.05, 0.1) is 29.6 Å². The van der Waals surface area contributed by atoms with Gasteiger partial charge in [-0.15, -0.1) is 0 Å². The molecule has 2 aromatic heterocycles. The van der Waals surface area contributed by atoms with E-state index in [0.29, 0.717) is 23.3 Å². The minimum absolute atomic E-state index is 0.00720. The number of rotatable bonds is 6. The molecule has 0 amide bonds. The molecule has 3 aromatic rings. The van der Waals surface area contributed by atoms with E-state index < -0.39 is 18.8 Å². The summed E-state index contributed by atoms with van der Waals surface area (Å²) < 4.78 is 43.5. The molecule has 28 heavy (non-hydrogen) atoms. The third-order valence-electron chi connectivity index (χ3n) is 3.88. The van der Waals surface area contributed by atoms with E-state index in [2.05, 4.69) is 42.6 Å². The Labute approximate surface area is 170 Å². The second-order valence-electron chi connectivity index (χ2n) is 5.74. The molecular weight excluding hydrogens is 494 g/mol. The van der Waals surface area contributed by atoms with Gasteiger partial charge in [0.2, 0.25) is 5.95 Å². The summed E-state index contributed by atoms with van der Waals surface area (Å²) in [4.78, 5) is 19.1. The Morgan fingerprint density at radius 2 is 2.14 bits per heavy atom. The lowest BCUT2D eigenvalue weighted by Crippen LogP contribution is -2.27. The van der Waals surface area contributed by atoms with Crippen LogP contribution < -0.4 is 11.1 Å². The number of aromatic nitrogens is 3. The first-order chi connectivity index (χ1) is 13.2. The molecule has 0 spiro atoms. The molecule has 0 unspecified atom stereocenters. The number of nitrogen functional groups attached to an aromatic ring is 1. The van der Waals surface area contributed by atoms with Crippen molar-refractivity contribution >= 4 is 62.1 Å². The van der Waals surface area contributed by atoms with Crippen LogP contribution in [0.2, 0.25) is 0 Å². The maximum Gasteiger partial charge on any atom is 0.490 e. The summed E-state index contributed by atoms with van der Waals surface area (Å²) in [7, 11) is 0. The topological polar surface area (TPSA) is 115 Å². The van der Waals surface area contributed by atoms with Gasteiger partial charge in [-0.25, -0.2) is 9.78 Å². The maximum atomic E-state index is 12.2. The van der Waals surface area contributed by atoms with E-state index in [1.807, 2.05) is 16.8 Å². The van der Waals surface area contributed by atoms with E-state index in [0.717, 1.165) is 14.5 Å². The maximum absolute atomic E-state index is 12.2. The molecule has 1 aromatic carbocycles. The number of halogens is 4. The number of benzene rings is 1. The predicted octanol–water partition coefficient (Wildman–Crippen LogP) is 2.28. The van der Waals surface area contributed by atoms with Gasteiger partial charge in [0.15, 0.2) is 0 Å². The Balaban J connectivity index is 1.93. The molecule has 8 nitrogen and oxygen atoms in total. The normalized spacial score (nSPS) is 11.9. The van der Waals surface area contributed by atoms with Gasteiger partial charge in [0.1, 0.15) is 12.4 Å². The molecule has 12 heteroatoms. The highest BCUT2D eigenvalue weighted by Gasteiger charge is 2.40. The second-order valence-corrected chi connectivity index (χ2v) is 6.90. The molecule has 0 saturated heterocycles. The van der Waals surface area contributed by atoms with Crippen molar-refractivity contribution in [3.05, 3.63) is 21.9 Å². The zero-order chi connectivity index (χ0) is 20.5. The zero-order valence-corrected chi connectivity index (χ0v) is 16.4. The third-order valence-corrected chi connectivity index (χ3v) is 4.70. The van der Waals surface area contributed by atoms with E-state index in [4.69, 9.17) is 5.73 Å². The highest BCUT2D eigenvalue weighted by molar-refractivity contribution is 14.1. The molecule has 0 bridgehead atoms. The Hall–Kier alpha value is -2.35. The molecule has 0 fully saturated rings. The number of alkyl halides is 3. The Morgan fingerprint density at radius 3 is 2.82 bits per heavy atom. The van der Waals surface area contributed by atoms with Crippen LogP contribution in [0.4, 0.5) is 24.9 Å². The minimum atomic E-state index is -5.04. The van der Waals surface area contributed by atoms with Gasteiger partial charge in [-0.2, -0.15) is 18.2 Å². The standard InChI is InChI=1S/C16H15F3IN5O3/c17-16(18,19)14(27)28-6-2-22-13-11-8-1-3-25(4-5-26)12(8)9(20)7-10(11)23-15(21)24-13/h1,3,7,26H,2,4-6H2,(H3,21,22,23,24). The zero-order valence-electron chi connectivity index (χ0n) is 14.3.